The quantitative estimate of drug-likeness (QED) is 0.768. The minimum absolute atomic E-state index is 0.0382. The van der Waals surface area contributed by atoms with Gasteiger partial charge in [-0.15, -0.1) is 0 Å². The Morgan fingerprint density at radius 2 is 1.95 bits per heavy atom. The fourth-order valence-electron chi connectivity index (χ4n) is 1.91. The van der Waals surface area contributed by atoms with E-state index < -0.39 is 0 Å². The first-order valence-corrected chi connectivity index (χ1v) is 6.18. The summed E-state index contributed by atoms with van der Waals surface area (Å²) in [6.45, 7) is 0. The Morgan fingerprint density at radius 1 is 1.10 bits per heavy atom. The molecule has 21 heavy (non-hydrogen) atoms. The Balaban J connectivity index is 1.99. The average molecular weight is 284 g/mol. The lowest BCUT2D eigenvalue weighted by Gasteiger charge is -2.00. The van der Waals surface area contributed by atoms with Crippen molar-refractivity contribution < 1.29 is 19.5 Å². The first kappa shape index (κ1) is 13.0. The second-order valence-corrected chi connectivity index (χ2v) is 4.36. The van der Waals surface area contributed by atoms with E-state index in [-0.39, 0.29) is 17.4 Å². The van der Waals surface area contributed by atoms with E-state index in [0.29, 0.717) is 17.1 Å². The molecule has 0 atom stereocenters. The summed E-state index contributed by atoms with van der Waals surface area (Å²) >= 11 is 0. The standard InChI is InChI=1S/C15H12N2O4/c1-20-11-4-2-3-9(7-11)14-16-15(21-17-14)12-6-5-10(18)8-13(12)19/h2-8,18-19H,1H3. The number of methoxy groups -OCH3 is 1. The van der Waals surface area contributed by atoms with Crippen LogP contribution in [0.15, 0.2) is 47.0 Å². The van der Waals surface area contributed by atoms with Crippen molar-refractivity contribution in [2.45, 2.75) is 0 Å². The number of phenols is 2. The summed E-state index contributed by atoms with van der Waals surface area (Å²) in [7, 11) is 1.58. The minimum atomic E-state index is -0.129. The van der Waals surface area contributed by atoms with E-state index in [1.165, 1.54) is 18.2 Å². The number of hydrogen-bond acceptors (Lipinski definition) is 6. The normalized spacial score (nSPS) is 10.5. The highest BCUT2D eigenvalue weighted by Gasteiger charge is 2.14. The third kappa shape index (κ3) is 2.51. The van der Waals surface area contributed by atoms with Crippen LogP contribution in [0.5, 0.6) is 17.2 Å². The van der Waals surface area contributed by atoms with Gasteiger partial charge in [0, 0.05) is 11.6 Å². The molecular weight excluding hydrogens is 272 g/mol. The Hall–Kier alpha value is -3.02. The maximum Gasteiger partial charge on any atom is 0.262 e. The van der Waals surface area contributed by atoms with E-state index in [0.717, 1.165) is 5.56 Å². The van der Waals surface area contributed by atoms with Crippen LogP contribution in [0.25, 0.3) is 22.8 Å². The molecule has 0 aliphatic rings. The van der Waals surface area contributed by atoms with Gasteiger partial charge in [0.2, 0.25) is 5.82 Å². The van der Waals surface area contributed by atoms with E-state index in [2.05, 4.69) is 10.1 Å². The Bertz CT molecular complexity index is 783. The lowest BCUT2D eigenvalue weighted by molar-refractivity contribution is 0.414. The van der Waals surface area contributed by atoms with Crippen molar-refractivity contribution in [2.24, 2.45) is 0 Å². The zero-order chi connectivity index (χ0) is 14.8. The molecule has 0 aliphatic carbocycles. The third-order valence-electron chi connectivity index (χ3n) is 2.97. The van der Waals surface area contributed by atoms with Gasteiger partial charge in [0.25, 0.3) is 5.89 Å². The number of aromatic hydroxyl groups is 2. The summed E-state index contributed by atoms with van der Waals surface area (Å²) < 4.78 is 10.3. The highest BCUT2D eigenvalue weighted by Crippen LogP contribution is 2.32. The average Bonchev–Trinajstić information content (AvgIpc) is 2.97. The van der Waals surface area contributed by atoms with Crippen LogP contribution in [0.4, 0.5) is 0 Å². The smallest absolute Gasteiger partial charge is 0.262 e. The van der Waals surface area contributed by atoms with Gasteiger partial charge < -0.3 is 19.5 Å². The number of nitrogens with zero attached hydrogens (tertiary/aromatic N) is 2. The predicted molar refractivity (Wildman–Crippen MR) is 75.1 cm³/mol. The Kier molecular flexibility index (Phi) is 3.19. The first-order valence-electron chi connectivity index (χ1n) is 6.18. The molecule has 3 aromatic rings. The van der Waals surface area contributed by atoms with E-state index in [1.807, 2.05) is 18.2 Å². The molecule has 6 nitrogen and oxygen atoms in total. The second kappa shape index (κ2) is 5.16. The molecule has 1 aromatic heterocycles. The summed E-state index contributed by atoms with van der Waals surface area (Å²) in [4.78, 5) is 4.24. The molecule has 2 N–H and O–H groups in total. The molecule has 0 radical (unpaired) electrons. The molecule has 0 aliphatic heterocycles. The van der Waals surface area contributed by atoms with Crippen LogP contribution in [0, 0.1) is 0 Å². The maximum atomic E-state index is 9.80. The van der Waals surface area contributed by atoms with Gasteiger partial charge in [0.15, 0.2) is 0 Å². The van der Waals surface area contributed by atoms with Crippen molar-refractivity contribution in [3.8, 4) is 40.1 Å². The van der Waals surface area contributed by atoms with Crippen molar-refractivity contribution in [2.75, 3.05) is 7.11 Å². The SMILES string of the molecule is COc1cccc(-c2noc(-c3ccc(O)cc3O)n2)c1. The molecule has 1 heterocycles. The molecule has 0 unspecified atom stereocenters. The lowest BCUT2D eigenvalue weighted by atomic mass is 10.2. The molecule has 0 bridgehead atoms. The molecule has 2 aromatic carbocycles. The van der Waals surface area contributed by atoms with Gasteiger partial charge in [-0.1, -0.05) is 17.3 Å². The van der Waals surface area contributed by atoms with Gasteiger partial charge in [-0.05, 0) is 24.3 Å². The van der Waals surface area contributed by atoms with Crippen molar-refractivity contribution in [1.82, 2.24) is 10.1 Å². The van der Waals surface area contributed by atoms with Crippen molar-refractivity contribution in [3.05, 3.63) is 42.5 Å². The van der Waals surface area contributed by atoms with Crippen LogP contribution in [0.3, 0.4) is 0 Å². The van der Waals surface area contributed by atoms with Crippen LogP contribution in [0.1, 0.15) is 0 Å². The van der Waals surface area contributed by atoms with Crippen LogP contribution in [-0.2, 0) is 0 Å². The predicted octanol–water partition coefficient (Wildman–Crippen LogP) is 2.82. The highest BCUT2D eigenvalue weighted by atomic mass is 16.5. The number of hydrogen-bond donors (Lipinski definition) is 2. The molecule has 6 heteroatoms. The van der Waals surface area contributed by atoms with E-state index in [4.69, 9.17) is 9.26 Å². The molecule has 0 saturated heterocycles. The van der Waals surface area contributed by atoms with Crippen molar-refractivity contribution >= 4 is 0 Å². The molecule has 0 amide bonds. The second-order valence-electron chi connectivity index (χ2n) is 4.36. The van der Waals surface area contributed by atoms with E-state index in [9.17, 15) is 10.2 Å². The van der Waals surface area contributed by atoms with Crippen molar-refractivity contribution in [3.63, 3.8) is 0 Å². The number of benzene rings is 2. The molecule has 0 saturated carbocycles. The molecule has 0 fully saturated rings. The largest absolute Gasteiger partial charge is 0.508 e. The summed E-state index contributed by atoms with van der Waals surface area (Å²) in [5, 5.41) is 23.0. The van der Waals surface area contributed by atoms with Crippen LogP contribution in [-0.4, -0.2) is 27.5 Å². The fraction of sp³-hybridized carbons (Fsp3) is 0.0667. The van der Waals surface area contributed by atoms with Crippen LogP contribution >= 0.6 is 0 Å². The van der Waals surface area contributed by atoms with Gasteiger partial charge in [0.1, 0.15) is 17.2 Å². The first-order chi connectivity index (χ1) is 10.2. The van der Waals surface area contributed by atoms with Gasteiger partial charge in [0.05, 0.1) is 12.7 Å². The summed E-state index contributed by atoms with van der Waals surface area (Å²) in [5.74, 6) is 1.08. The number of ether oxygens (including phenoxy) is 1. The van der Waals surface area contributed by atoms with E-state index in [1.54, 1.807) is 13.2 Å². The van der Waals surface area contributed by atoms with Gasteiger partial charge in [-0.2, -0.15) is 4.98 Å². The number of rotatable bonds is 3. The van der Waals surface area contributed by atoms with Crippen LogP contribution in [0.2, 0.25) is 0 Å². The Morgan fingerprint density at radius 3 is 2.71 bits per heavy atom. The zero-order valence-electron chi connectivity index (χ0n) is 11.1. The summed E-state index contributed by atoms with van der Waals surface area (Å²) in [6.07, 6.45) is 0. The number of phenolic OH excluding ortho intramolecular Hbond substituents is 2. The monoisotopic (exact) mass is 284 g/mol. The highest BCUT2D eigenvalue weighted by molar-refractivity contribution is 5.66. The van der Waals surface area contributed by atoms with Crippen LogP contribution < -0.4 is 4.74 Å². The molecule has 106 valence electrons. The summed E-state index contributed by atoms with van der Waals surface area (Å²) in [6, 6.07) is 11.4. The number of aromatic nitrogens is 2. The maximum absolute atomic E-state index is 9.80. The van der Waals surface area contributed by atoms with E-state index >= 15 is 0 Å². The molecular formula is C15H12N2O4. The third-order valence-corrected chi connectivity index (χ3v) is 2.97. The fourth-order valence-corrected chi connectivity index (χ4v) is 1.91. The van der Waals surface area contributed by atoms with Gasteiger partial charge >= 0.3 is 0 Å². The molecule has 3 rings (SSSR count). The van der Waals surface area contributed by atoms with Crippen molar-refractivity contribution in [1.29, 1.82) is 0 Å². The Labute approximate surface area is 120 Å². The molecule has 0 spiro atoms. The van der Waals surface area contributed by atoms with Gasteiger partial charge in [-0.25, -0.2) is 0 Å². The topological polar surface area (TPSA) is 88.6 Å². The summed E-state index contributed by atoms with van der Waals surface area (Å²) in [5.41, 5.74) is 1.09. The minimum Gasteiger partial charge on any atom is -0.508 e. The zero-order valence-corrected chi connectivity index (χ0v) is 11.1. The lowest BCUT2D eigenvalue weighted by Crippen LogP contribution is -1.85. The van der Waals surface area contributed by atoms with Gasteiger partial charge in [-0.3, -0.25) is 0 Å².